The number of nitrogens with zero attached hydrogens (tertiary/aromatic N) is 2. The molecule has 184 valence electrons. The molecule has 35 heavy (non-hydrogen) atoms. The topological polar surface area (TPSA) is 80.8 Å². The number of hydrogen-bond acceptors (Lipinski definition) is 6. The number of aromatic nitrogens is 1. The van der Waals surface area contributed by atoms with E-state index in [1.807, 2.05) is 41.8 Å². The van der Waals surface area contributed by atoms with Crippen molar-refractivity contribution in [3.8, 4) is 17.0 Å². The van der Waals surface area contributed by atoms with Crippen LogP contribution in [0.5, 0.6) is 5.75 Å². The van der Waals surface area contributed by atoms with Crippen LogP contribution >= 0.6 is 11.3 Å². The number of hydrogen-bond donors (Lipinski definition) is 1. The highest BCUT2D eigenvalue weighted by Gasteiger charge is 2.34. The van der Waals surface area contributed by atoms with Crippen LogP contribution in [0, 0.1) is 0 Å². The van der Waals surface area contributed by atoms with Crippen LogP contribution in [0.15, 0.2) is 41.8 Å². The van der Waals surface area contributed by atoms with E-state index in [1.165, 1.54) is 4.90 Å². The number of anilines is 2. The second-order valence-electron chi connectivity index (χ2n) is 8.43. The molecular formula is C27H31N3O4S. The highest BCUT2D eigenvalue weighted by Crippen LogP contribution is 2.37. The largest absolute Gasteiger partial charge is 0.482 e. The summed E-state index contributed by atoms with van der Waals surface area (Å²) < 4.78 is 10.8. The standard InChI is InChI=1S/C27H31N3O4S/c1-5-18-8-7-9-19(6-2)26(18)29-27(32)17(3)30-22-14-20(10-11-23(22)34-15-25(30)31)21-16-35-24(28-21)12-13-33-4/h7-11,14,16-17H,5-6,12-13,15H2,1-4H3,(H,29,32). The fourth-order valence-electron chi connectivity index (χ4n) is 4.25. The van der Waals surface area contributed by atoms with E-state index in [2.05, 4.69) is 19.2 Å². The van der Waals surface area contributed by atoms with E-state index >= 15 is 0 Å². The summed E-state index contributed by atoms with van der Waals surface area (Å²) in [4.78, 5) is 32.6. The summed E-state index contributed by atoms with van der Waals surface area (Å²) in [5.41, 5.74) is 5.26. The molecule has 1 aliphatic rings. The van der Waals surface area contributed by atoms with Gasteiger partial charge in [0.1, 0.15) is 11.8 Å². The summed E-state index contributed by atoms with van der Waals surface area (Å²) >= 11 is 1.58. The van der Waals surface area contributed by atoms with Gasteiger partial charge in [0.15, 0.2) is 6.61 Å². The summed E-state index contributed by atoms with van der Waals surface area (Å²) in [6, 6.07) is 11.0. The highest BCUT2D eigenvalue weighted by molar-refractivity contribution is 7.09. The number of rotatable bonds is 9. The second kappa shape index (κ2) is 11.0. The van der Waals surface area contributed by atoms with Crippen LogP contribution in [-0.2, 0) is 33.6 Å². The number of nitrogens with one attached hydrogen (secondary N) is 1. The normalized spacial score (nSPS) is 13.8. The number of amides is 2. The van der Waals surface area contributed by atoms with Gasteiger partial charge in [-0.1, -0.05) is 32.0 Å². The molecule has 1 atom stereocenters. The minimum absolute atomic E-state index is 0.104. The molecule has 0 spiro atoms. The van der Waals surface area contributed by atoms with E-state index in [9.17, 15) is 9.59 Å². The minimum atomic E-state index is -0.720. The summed E-state index contributed by atoms with van der Waals surface area (Å²) in [5, 5.41) is 6.08. The molecule has 3 aromatic rings. The lowest BCUT2D eigenvalue weighted by molar-refractivity contribution is -0.125. The number of carbonyl (C=O) groups is 2. The van der Waals surface area contributed by atoms with E-state index < -0.39 is 6.04 Å². The lowest BCUT2D eigenvalue weighted by atomic mass is 10.0. The van der Waals surface area contributed by atoms with E-state index in [1.54, 1.807) is 25.4 Å². The Labute approximate surface area is 210 Å². The Kier molecular flexibility index (Phi) is 7.83. The summed E-state index contributed by atoms with van der Waals surface area (Å²) in [6.45, 7) is 6.39. The number of thiazole rings is 1. The van der Waals surface area contributed by atoms with Gasteiger partial charge < -0.3 is 14.8 Å². The minimum Gasteiger partial charge on any atom is -0.482 e. The van der Waals surface area contributed by atoms with Gasteiger partial charge in [0, 0.05) is 30.2 Å². The van der Waals surface area contributed by atoms with Crippen LogP contribution in [-0.4, -0.2) is 43.2 Å². The molecule has 1 unspecified atom stereocenters. The molecule has 2 aromatic carbocycles. The zero-order valence-electron chi connectivity index (χ0n) is 20.6. The number of ether oxygens (including phenoxy) is 2. The SMILES string of the molecule is CCc1cccc(CC)c1NC(=O)C(C)N1C(=O)COc2ccc(-c3csc(CCOC)n3)cc21. The number of carbonyl (C=O) groups excluding carboxylic acids is 2. The van der Waals surface area contributed by atoms with E-state index in [0.29, 0.717) is 18.0 Å². The van der Waals surface area contributed by atoms with Crippen LogP contribution in [0.4, 0.5) is 11.4 Å². The maximum atomic E-state index is 13.4. The van der Waals surface area contributed by atoms with Crippen molar-refractivity contribution < 1.29 is 19.1 Å². The van der Waals surface area contributed by atoms with Crippen molar-refractivity contribution in [2.45, 2.75) is 46.1 Å². The molecule has 1 N–H and O–H groups in total. The van der Waals surface area contributed by atoms with Gasteiger partial charge in [-0.2, -0.15) is 0 Å². The number of methoxy groups -OCH3 is 1. The Hall–Kier alpha value is -3.23. The van der Waals surface area contributed by atoms with Crippen LogP contribution in [0.1, 0.15) is 36.9 Å². The van der Waals surface area contributed by atoms with Crippen LogP contribution in [0.3, 0.4) is 0 Å². The molecule has 0 saturated heterocycles. The quantitative estimate of drug-likeness (QED) is 0.460. The van der Waals surface area contributed by atoms with Gasteiger partial charge in [-0.05, 0) is 49.1 Å². The lowest BCUT2D eigenvalue weighted by Crippen LogP contribution is -2.49. The predicted molar refractivity (Wildman–Crippen MR) is 139 cm³/mol. The third kappa shape index (κ3) is 5.23. The molecule has 0 bridgehead atoms. The van der Waals surface area contributed by atoms with Gasteiger partial charge in [-0.3, -0.25) is 14.5 Å². The van der Waals surface area contributed by atoms with Crippen LogP contribution in [0.2, 0.25) is 0 Å². The zero-order chi connectivity index (χ0) is 24.9. The summed E-state index contributed by atoms with van der Waals surface area (Å²) in [6.07, 6.45) is 2.36. The molecule has 0 fully saturated rings. The van der Waals surface area contributed by atoms with Crippen LogP contribution < -0.4 is 15.0 Å². The number of para-hydroxylation sites is 1. The van der Waals surface area contributed by atoms with E-state index in [0.717, 1.165) is 52.3 Å². The molecule has 2 heterocycles. The smallest absolute Gasteiger partial charge is 0.265 e. The van der Waals surface area contributed by atoms with Crippen molar-refractivity contribution in [1.82, 2.24) is 4.98 Å². The van der Waals surface area contributed by atoms with Crippen molar-refractivity contribution in [3.63, 3.8) is 0 Å². The number of aryl methyl sites for hydroxylation is 2. The van der Waals surface area contributed by atoms with Gasteiger partial charge in [0.25, 0.3) is 5.91 Å². The van der Waals surface area contributed by atoms with Crippen LogP contribution in [0.25, 0.3) is 11.3 Å². The average Bonchev–Trinajstić information content (AvgIpc) is 3.35. The third-order valence-electron chi connectivity index (χ3n) is 6.22. The first-order valence-electron chi connectivity index (χ1n) is 11.9. The first-order valence-corrected chi connectivity index (χ1v) is 12.8. The van der Waals surface area contributed by atoms with Gasteiger partial charge >= 0.3 is 0 Å². The molecule has 2 amide bonds. The maximum Gasteiger partial charge on any atom is 0.265 e. The Bertz CT molecular complexity index is 1200. The van der Waals surface area contributed by atoms with Crippen molar-refractivity contribution in [2.24, 2.45) is 0 Å². The van der Waals surface area contributed by atoms with Gasteiger partial charge in [0.05, 0.1) is 23.0 Å². The van der Waals surface area contributed by atoms with E-state index in [-0.39, 0.29) is 18.4 Å². The molecule has 8 heteroatoms. The summed E-state index contributed by atoms with van der Waals surface area (Å²) in [7, 11) is 1.67. The monoisotopic (exact) mass is 493 g/mol. The number of benzene rings is 2. The fourth-order valence-corrected chi connectivity index (χ4v) is 5.04. The van der Waals surface area contributed by atoms with Crippen molar-refractivity contribution in [1.29, 1.82) is 0 Å². The van der Waals surface area contributed by atoms with Gasteiger partial charge in [-0.25, -0.2) is 4.98 Å². The molecule has 1 aromatic heterocycles. The van der Waals surface area contributed by atoms with Crippen molar-refractivity contribution in [3.05, 3.63) is 57.9 Å². The zero-order valence-corrected chi connectivity index (χ0v) is 21.4. The molecule has 7 nitrogen and oxygen atoms in total. The molecule has 1 aliphatic heterocycles. The molecule has 4 rings (SSSR count). The Balaban J connectivity index is 1.63. The fraction of sp³-hybridized carbons (Fsp3) is 0.370. The molecule has 0 aliphatic carbocycles. The molecular weight excluding hydrogens is 462 g/mol. The Morgan fingerprint density at radius 2 is 1.97 bits per heavy atom. The number of fused-ring (bicyclic) bond motifs is 1. The van der Waals surface area contributed by atoms with Gasteiger partial charge in [-0.15, -0.1) is 11.3 Å². The third-order valence-corrected chi connectivity index (χ3v) is 7.13. The highest BCUT2D eigenvalue weighted by atomic mass is 32.1. The molecule has 0 saturated carbocycles. The lowest BCUT2D eigenvalue weighted by Gasteiger charge is -2.33. The second-order valence-corrected chi connectivity index (χ2v) is 9.37. The first kappa shape index (κ1) is 24.9. The summed E-state index contributed by atoms with van der Waals surface area (Å²) in [5.74, 6) is 0.0876. The molecule has 0 radical (unpaired) electrons. The van der Waals surface area contributed by atoms with E-state index in [4.69, 9.17) is 14.5 Å². The Morgan fingerprint density at radius 3 is 2.66 bits per heavy atom. The maximum absolute atomic E-state index is 13.4. The van der Waals surface area contributed by atoms with Gasteiger partial charge in [0.2, 0.25) is 5.91 Å². The predicted octanol–water partition coefficient (Wildman–Crippen LogP) is 4.88. The van der Waals surface area contributed by atoms with Crippen molar-refractivity contribution in [2.75, 3.05) is 30.5 Å². The Morgan fingerprint density at radius 1 is 1.23 bits per heavy atom. The van der Waals surface area contributed by atoms with Crippen molar-refractivity contribution >= 4 is 34.5 Å². The first-order chi connectivity index (χ1) is 17.0. The average molecular weight is 494 g/mol.